The van der Waals surface area contributed by atoms with Gasteiger partial charge in [-0.15, -0.1) is 0 Å². The van der Waals surface area contributed by atoms with Gasteiger partial charge in [-0.3, -0.25) is 4.79 Å². The van der Waals surface area contributed by atoms with Crippen LogP contribution in [0, 0.1) is 5.92 Å². The fourth-order valence-electron chi connectivity index (χ4n) is 3.04. The Hall–Kier alpha value is -1.88. The van der Waals surface area contributed by atoms with Crippen LogP contribution < -0.4 is 4.90 Å². The molecule has 0 unspecified atom stereocenters. The van der Waals surface area contributed by atoms with Gasteiger partial charge in [-0.2, -0.15) is 0 Å². The molecule has 5 nitrogen and oxygen atoms in total. The average Bonchev–Trinajstić information content (AvgIpc) is 2.96. The van der Waals surface area contributed by atoms with Crippen LogP contribution in [0.3, 0.4) is 0 Å². The molecule has 1 N–H and O–H groups in total. The largest absolute Gasteiger partial charge is 0.479 e. The van der Waals surface area contributed by atoms with E-state index in [1.54, 1.807) is 4.90 Å². The minimum Gasteiger partial charge on any atom is -0.479 e. The van der Waals surface area contributed by atoms with Crippen LogP contribution in [-0.2, 0) is 14.3 Å². The SMILES string of the molecule is O=C(O)[C@H]1CC[C@@H](C(=O)N(CC2CCC2)c2ccccc2)O1. The normalized spacial score (nSPS) is 24.7. The number of hydrogen-bond acceptors (Lipinski definition) is 3. The molecule has 118 valence electrons. The molecule has 2 fully saturated rings. The maximum absolute atomic E-state index is 12.8. The number of carboxylic acids is 1. The summed E-state index contributed by atoms with van der Waals surface area (Å²) in [6, 6.07) is 9.57. The van der Waals surface area contributed by atoms with E-state index in [1.807, 2.05) is 30.3 Å². The maximum atomic E-state index is 12.8. The summed E-state index contributed by atoms with van der Waals surface area (Å²) in [5, 5.41) is 9.01. The molecule has 1 aromatic rings. The van der Waals surface area contributed by atoms with Gasteiger partial charge in [0.2, 0.25) is 0 Å². The van der Waals surface area contributed by atoms with E-state index in [0.29, 0.717) is 25.3 Å². The van der Waals surface area contributed by atoms with Crippen LogP contribution in [-0.4, -0.2) is 35.7 Å². The highest BCUT2D eigenvalue weighted by Gasteiger charge is 2.38. The lowest BCUT2D eigenvalue weighted by Crippen LogP contribution is -2.43. The first-order chi connectivity index (χ1) is 10.6. The van der Waals surface area contributed by atoms with Crippen molar-refractivity contribution in [1.82, 2.24) is 0 Å². The Balaban J connectivity index is 1.73. The van der Waals surface area contributed by atoms with E-state index in [0.717, 1.165) is 18.5 Å². The molecule has 3 rings (SSSR count). The second-order valence-corrected chi connectivity index (χ2v) is 6.11. The highest BCUT2D eigenvalue weighted by atomic mass is 16.5. The molecular formula is C17H21NO4. The zero-order chi connectivity index (χ0) is 15.5. The van der Waals surface area contributed by atoms with Gasteiger partial charge in [-0.1, -0.05) is 24.6 Å². The number of para-hydroxylation sites is 1. The number of carbonyl (C=O) groups is 2. The van der Waals surface area contributed by atoms with Crippen LogP contribution in [0.4, 0.5) is 5.69 Å². The van der Waals surface area contributed by atoms with Gasteiger partial charge in [0.25, 0.3) is 5.91 Å². The quantitative estimate of drug-likeness (QED) is 0.907. The van der Waals surface area contributed by atoms with Crippen LogP contribution in [0.5, 0.6) is 0 Å². The first kappa shape index (κ1) is 15.0. The van der Waals surface area contributed by atoms with E-state index >= 15 is 0 Å². The number of nitrogens with zero attached hydrogens (tertiary/aromatic N) is 1. The van der Waals surface area contributed by atoms with Gasteiger partial charge in [-0.05, 0) is 43.7 Å². The summed E-state index contributed by atoms with van der Waals surface area (Å²) in [5.41, 5.74) is 0.863. The minimum atomic E-state index is -0.986. The van der Waals surface area contributed by atoms with E-state index in [9.17, 15) is 9.59 Å². The number of carboxylic acid groups (broad SMARTS) is 1. The van der Waals surface area contributed by atoms with Crippen LogP contribution in [0.25, 0.3) is 0 Å². The topological polar surface area (TPSA) is 66.8 Å². The summed E-state index contributed by atoms with van der Waals surface area (Å²) in [6.45, 7) is 0.695. The van der Waals surface area contributed by atoms with E-state index in [4.69, 9.17) is 9.84 Å². The third-order valence-corrected chi connectivity index (χ3v) is 4.57. The Morgan fingerprint density at radius 3 is 2.32 bits per heavy atom. The van der Waals surface area contributed by atoms with Crippen molar-refractivity contribution in [3.05, 3.63) is 30.3 Å². The fourth-order valence-corrected chi connectivity index (χ4v) is 3.04. The first-order valence-electron chi connectivity index (χ1n) is 7.90. The molecule has 1 aliphatic carbocycles. The number of hydrogen-bond donors (Lipinski definition) is 1. The molecule has 1 heterocycles. The maximum Gasteiger partial charge on any atom is 0.332 e. The predicted molar refractivity (Wildman–Crippen MR) is 81.7 cm³/mol. The van der Waals surface area contributed by atoms with Crippen LogP contribution in [0.1, 0.15) is 32.1 Å². The van der Waals surface area contributed by atoms with E-state index in [-0.39, 0.29) is 5.91 Å². The summed E-state index contributed by atoms with van der Waals surface area (Å²) in [4.78, 5) is 25.6. The summed E-state index contributed by atoms with van der Waals surface area (Å²) < 4.78 is 5.43. The lowest BCUT2D eigenvalue weighted by molar-refractivity contribution is -0.151. The van der Waals surface area contributed by atoms with E-state index < -0.39 is 18.2 Å². The molecule has 1 aromatic carbocycles. The Kier molecular flexibility index (Phi) is 4.43. The number of anilines is 1. The smallest absolute Gasteiger partial charge is 0.332 e. The fraction of sp³-hybridized carbons (Fsp3) is 0.529. The molecule has 5 heteroatoms. The third kappa shape index (κ3) is 3.14. The molecule has 2 aliphatic rings. The Bertz CT molecular complexity index is 541. The van der Waals surface area contributed by atoms with Gasteiger partial charge in [-0.25, -0.2) is 4.79 Å². The van der Waals surface area contributed by atoms with Crippen molar-refractivity contribution in [1.29, 1.82) is 0 Å². The zero-order valence-electron chi connectivity index (χ0n) is 12.5. The Labute approximate surface area is 129 Å². The van der Waals surface area contributed by atoms with Crippen molar-refractivity contribution in [3.8, 4) is 0 Å². The van der Waals surface area contributed by atoms with E-state index in [2.05, 4.69) is 0 Å². The number of aliphatic carboxylic acids is 1. The molecule has 1 aliphatic heterocycles. The molecule has 0 radical (unpaired) electrons. The summed E-state index contributed by atoms with van der Waals surface area (Å²) in [6.07, 6.45) is 2.92. The highest BCUT2D eigenvalue weighted by Crippen LogP contribution is 2.31. The molecular weight excluding hydrogens is 282 g/mol. The first-order valence-corrected chi connectivity index (χ1v) is 7.90. The highest BCUT2D eigenvalue weighted by molar-refractivity contribution is 5.97. The molecule has 22 heavy (non-hydrogen) atoms. The monoisotopic (exact) mass is 303 g/mol. The van der Waals surface area contributed by atoms with Crippen LogP contribution in [0.15, 0.2) is 30.3 Å². The second kappa shape index (κ2) is 6.48. The second-order valence-electron chi connectivity index (χ2n) is 6.11. The molecule has 0 bridgehead atoms. The number of rotatable bonds is 5. The van der Waals surface area contributed by atoms with Gasteiger partial charge in [0.1, 0.15) is 6.10 Å². The third-order valence-electron chi connectivity index (χ3n) is 4.57. The standard InChI is InChI=1S/C17H21NO4/c19-16(14-9-10-15(22-14)17(20)21)18(11-12-5-4-6-12)13-7-2-1-3-8-13/h1-3,7-8,12,14-15H,4-6,9-11H2,(H,20,21)/t14-,15+/m0/s1. The summed E-state index contributed by atoms with van der Waals surface area (Å²) in [5.74, 6) is -0.553. The van der Waals surface area contributed by atoms with Crippen molar-refractivity contribution >= 4 is 17.6 Å². The van der Waals surface area contributed by atoms with Crippen molar-refractivity contribution < 1.29 is 19.4 Å². The zero-order valence-corrected chi connectivity index (χ0v) is 12.5. The van der Waals surface area contributed by atoms with Gasteiger partial charge in [0, 0.05) is 12.2 Å². The van der Waals surface area contributed by atoms with Gasteiger partial charge in [0.15, 0.2) is 6.10 Å². The van der Waals surface area contributed by atoms with Crippen LogP contribution >= 0.6 is 0 Å². The number of amides is 1. The molecule has 2 atom stereocenters. The Morgan fingerprint density at radius 2 is 1.77 bits per heavy atom. The number of benzene rings is 1. The molecule has 0 aromatic heterocycles. The summed E-state index contributed by atoms with van der Waals surface area (Å²) in [7, 11) is 0. The number of ether oxygens (including phenoxy) is 1. The van der Waals surface area contributed by atoms with Gasteiger partial charge < -0.3 is 14.7 Å². The molecule has 0 spiro atoms. The van der Waals surface area contributed by atoms with Crippen molar-refractivity contribution in [3.63, 3.8) is 0 Å². The van der Waals surface area contributed by atoms with Crippen molar-refractivity contribution in [2.24, 2.45) is 5.92 Å². The number of carbonyl (C=O) groups excluding carboxylic acids is 1. The average molecular weight is 303 g/mol. The van der Waals surface area contributed by atoms with Crippen LogP contribution in [0.2, 0.25) is 0 Å². The predicted octanol–water partition coefficient (Wildman–Crippen LogP) is 2.45. The Morgan fingerprint density at radius 1 is 1.09 bits per heavy atom. The van der Waals surface area contributed by atoms with Gasteiger partial charge >= 0.3 is 5.97 Å². The van der Waals surface area contributed by atoms with E-state index in [1.165, 1.54) is 6.42 Å². The minimum absolute atomic E-state index is 0.109. The van der Waals surface area contributed by atoms with Gasteiger partial charge in [0.05, 0.1) is 0 Å². The van der Waals surface area contributed by atoms with Crippen molar-refractivity contribution in [2.75, 3.05) is 11.4 Å². The molecule has 1 amide bonds. The lowest BCUT2D eigenvalue weighted by atomic mass is 9.85. The summed E-state index contributed by atoms with van der Waals surface area (Å²) >= 11 is 0. The molecule has 1 saturated carbocycles. The molecule has 1 saturated heterocycles. The van der Waals surface area contributed by atoms with Crippen molar-refractivity contribution in [2.45, 2.75) is 44.3 Å². The lowest BCUT2D eigenvalue weighted by Gasteiger charge is -2.33.